The second kappa shape index (κ2) is 11.2. The third-order valence-corrected chi connectivity index (χ3v) is 6.05. The van der Waals surface area contributed by atoms with Crippen molar-refractivity contribution in [1.29, 1.82) is 0 Å². The van der Waals surface area contributed by atoms with Gasteiger partial charge in [0.2, 0.25) is 5.91 Å². The summed E-state index contributed by atoms with van der Waals surface area (Å²) < 4.78 is 12.6. The van der Waals surface area contributed by atoms with Crippen molar-refractivity contribution in [3.05, 3.63) is 36.2 Å². The van der Waals surface area contributed by atoms with Gasteiger partial charge in [-0.1, -0.05) is 5.21 Å². The molecule has 1 aromatic carbocycles. The van der Waals surface area contributed by atoms with Crippen LogP contribution in [0.2, 0.25) is 0 Å². The molecule has 2 aliphatic heterocycles. The Labute approximate surface area is 219 Å². The van der Waals surface area contributed by atoms with Crippen molar-refractivity contribution in [1.82, 2.24) is 24.8 Å². The SMILES string of the molecule is CC(C)(C)OC(=O)N1C(=O)CCC(N2CCN(c3ccc(OCc4cn(CCCO)nn4)cc3)C2=O)C1=O. The minimum absolute atomic E-state index is 0.0410. The fraction of sp³-hybridized carbons (Fsp3) is 0.520. The Bertz CT molecular complexity index is 1190. The summed E-state index contributed by atoms with van der Waals surface area (Å²) in [5.41, 5.74) is 0.399. The predicted octanol–water partition coefficient (Wildman–Crippen LogP) is 1.93. The minimum Gasteiger partial charge on any atom is -0.487 e. The number of aryl methyl sites for hydroxylation is 1. The van der Waals surface area contributed by atoms with E-state index in [0.717, 1.165) is 0 Å². The highest BCUT2D eigenvalue weighted by molar-refractivity contribution is 6.13. The fourth-order valence-electron chi connectivity index (χ4n) is 4.26. The number of hydrogen-bond donors (Lipinski definition) is 1. The number of carbonyl (C=O) groups excluding carboxylic acids is 4. The van der Waals surface area contributed by atoms with Crippen molar-refractivity contribution in [3.63, 3.8) is 0 Å². The van der Waals surface area contributed by atoms with E-state index < -0.39 is 29.6 Å². The molecule has 0 aliphatic carbocycles. The van der Waals surface area contributed by atoms with Crippen LogP contribution in [0.4, 0.5) is 15.3 Å². The molecular formula is C25H32N6O7. The zero-order chi connectivity index (χ0) is 27.4. The maximum atomic E-state index is 13.2. The van der Waals surface area contributed by atoms with Crippen molar-refractivity contribution in [3.8, 4) is 5.75 Å². The summed E-state index contributed by atoms with van der Waals surface area (Å²) in [7, 11) is 0. The number of amides is 5. The molecule has 1 atom stereocenters. The highest BCUT2D eigenvalue weighted by Crippen LogP contribution is 2.28. The number of urea groups is 1. The van der Waals surface area contributed by atoms with E-state index in [4.69, 9.17) is 14.6 Å². The minimum atomic E-state index is -1.02. The molecule has 1 aromatic heterocycles. The Morgan fingerprint density at radius 2 is 1.87 bits per heavy atom. The third kappa shape index (κ3) is 6.10. The molecule has 4 rings (SSSR count). The third-order valence-electron chi connectivity index (χ3n) is 6.05. The zero-order valence-corrected chi connectivity index (χ0v) is 21.7. The molecule has 13 nitrogen and oxygen atoms in total. The molecule has 1 unspecified atom stereocenters. The van der Waals surface area contributed by atoms with Crippen LogP contribution in [0.3, 0.4) is 0 Å². The molecular weight excluding hydrogens is 496 g/mol. The summed E-state index contributed by atoms with van der Waals surface area (Å²) in [5.74, 6) is -0.800. The first-order valence-corrected chi connectivity index (χ1v) is 12.5. The van der Waals surface area contributed by atoms with Gasteiger partial charge in [-0.15, -0.1) is 5.10 Å². The van der Waals surface area contributed by atoms with E-state index in [-0.39, 0.29) is 38.6 Å². The number of piperidine rings is 1. The van der Waals surface area contributed by atoms with Crippen LogP contribution in [-0.4, -0.2) is 85.2 Å². The maximum absolute atomic E-state index is 13.2. The lowest BCUT2D eigenvalue weighted by atomic mass is 10.0. The molecule has 2 aliphatic rings. The number of nitrogens with zero attached hydrogens (tertiary/aromatic N) is 6. The number of likely N-dealkylation sites (tertiary alicyclic amines) is 1. The van der Waals surface area contributed by atoms with Gasteiger partial charge in [0.25, 0.3) is 5.91 Å². The van der Waals surface area contributed by atoms with Crippen molar-refractivity contribution in [2.45, 2.75) is 64.8 Å². The topological polar surface area (TPSA) is 147 Å². The van der Waals surface area contributed by atoms with E-state index >= 15 is 0 Å². The first kappa shape index (κ1) is 27.0. The maximum Gasteiger partial charge on any atom is 0.424 e. The lowest BCUT2D eigenvalue weighted by molar-refractivity contribution is -0.150. The molecule has 2 aromatic rings. The van der Waals surface area contributed by atoms with Gasteiger partial charge in [0.05, 0.1) is 6.20 Å². The predicted molar refractivity (Wildman–Crippen MR) is 133 cm³/mol. The average molecular weight is 529 g/mol. The molecule has 2 saturated heterocycles. The molecule has 5 amide bonds. The second-order valence-electron chi connectivity index (χ2n) is 10.1. The number of rotatable bonds is 8. The van der Waals surface area contributed by atoms with E-state index in [0.29, 0.717) is 41.5 Å². The lowest BCUT2D eigenvalue weighted by Gasteiger charge is -2.34. The monoisotopic (exact) mass is 528 g/mol. The first-order valence-electron chi connectivity index (χ1n) is 12.5. The standard InChI is InChI=1S/C25H32N6O7/c1-25(2,3)38-24(36)31-21(33)10-9-20(22(31)34)30-13-12-29(23(30)35)18-5-7-19(8-6-18)37-16-17-15-28(27-26-17)11-4-14-32/h5-8,15,20,32H,4,9-14,16H2,1-3H3. The van der Waals surface area contributed by atoms with E-state index in [2.05, 4.69) is 10.3 Å². The Hall–Kier alpha value is -4.00. The molecule has 0 bridgehead atoms. The molecule has 0 saturated carbocycles. The summed E-state index contributed by atoms with van der Waals surface area (Å²) in [6.45, 7) is 6.42. The van der Waals surface area contributed by atoms with Gasteiger partial charge in [-0.05, 0) is 57.9 Å². The molecule has 3 heterocycles. The number of benzene rings is 1. The highest BCUT2D eigenvalue weighted by atomic mass is 16.6. The van der Waals surface area contributed by atoms with Gasteiger partial charge in [0.1, 0.15) is 29.7 Å². The van der Waals surface area contributed by atoms with Gasteiger partial charge < -0.3 is 19.5 Å². The van der Waals surface area contributed by atoms with Gasteiger partial charge in [-0.2, -0.15) is 4.90 Å². The number of aromatic nitrogens is 3. The van der Waals surface area contributed by atoms with Gasteiger partial charge in [-0.25, -0.2) is 9.59 Å². The van der Waals surface area contributed by atoms with Gasteiger partial charge in [0, 0.05) is 38.3 Å². The Morgan fingerprint density at radius 1 is 1.13 bits per heavy atom. The first-order chi connectivity index (χ1) is 18.1. The summed E-state index contributed by atoms with van der Waals surface area (Å²) in [4.78, 5) is 54.6. The lowest BCUT2D eigenvalue weighted by Crippen LogP contribution is -2.57. The summed E-state index contributed by atoms with van der Waals surface area (Å²) >= 11 is 0. The molecule has 13 heteroatoms. The van der Waals surface area contributed by atoms with Crippen molar-refractivity contribution < 1.29 is 33.8 Å². The van der Waals surface area contributed by atoms with E-state index in [1.54, 1.807) is 55.9 Å². The van der Waals surface area contributed by atoms with Crippen LogP contribution in [0.1, 0.15) is 45.7 Å². The Kier molecular flexibility index (Phi) is 7.95. The quantitative estimate of drug-likeness (QED) is 0.508. The van der Waals surface area contributed by atoms with Crippen LogP contribution in [0.15, 0.2) is 30.5 Å². The summed E-state index contributed by atoms with van der Waals surface area (Å²) in [6.07, 6.45) is 1.43. The molecule has 1 N–H and O–H groups in total. The number of anilines is 1. The van der Waals surface area contributed by atoms with E-state index in [1.807, 2.05) is 0 Å². The molecule has 38 heavy (non-hydrogen) atoms. The largest absolute Gasteiger partial charge is 0.487 e. The Balaban J connectivity index is 1.36. The van der Waals surface area contributed by atoms with Crippen LogP contribution in [-0.2, 0) is 27.5 Å². The number of aliphatic hydroxyl groups is 1. The number of aliphatic hydroxyl groups excluding tert-OH is 1. The summed E-state index contributed by atoms with van der Waals surface area (Å²) in [5, 5.41) is 16.9. The van der Waals surface area contributed by atoms with Crippen LogP contribution in [0.5, 0.6) is 5.75 Å². The van der Waals surface area contributed by atoms with Crippen molar-refractivity contribution >= 4 is 29.6 Å². The number of carbonyl (C=O) groups is 4. The number of hydrogen-bond acceptors (Lipinski definition) is 9. The number of imide groups is 3. The molecule has 0 radical (unpaired) electrons. The van der Waals surface area contributed by atoms with E-state index in [1.165, 1.54) is 9.80 Å². The van der Waals surface area contributed by atoms with Crippen LogP contribution in [0, 0.1) is 0 Å². The van der Waals surface area contributed by atoms with Crippen LogP contribution >= 0.6 is 0 Å². The van der Waals surface area contributed by atoms with Gasteiger partial charge in [0.15, 0.2) is 0 Å². The zero-order valence-electron chi connectivity index (χ0n) is 21.7. The summed E-state index contributed by atoms with van der Waals surface area (Å²) in [6, 6.07) is 5.65. The Morgan fingerprint density at radius 3 is 2.55 bits per heavy atom. The van der Waals surface area contributed by atoms with Crippen LogP contribution < -0.4 is 9.64 Å². The highest BCUT2D eigenvalue weighted by Gasteiger charge is 2.46. The van der Waals surface area contributed by atoms with Crippen LogP contribution in [0.25, 0.3) is 0 Å². The molecule has 204 valence electrons. The van der Waals surface area contributed by atoms with Gasteiger partial charge in [-0.3, -0.25) is 19.2 Å². The normalized spacial score (nSPS) is 18.4. The molecule has 2 fully saturated rings. The average Bonchev–Trinajstić information content (AvgIpc) is 3.47. The van der Waals surface area contributed by atoms with Crippen molar-refractivity contribution in [2.24, 2.45) is 0 Å². The smallest absolute Gasteiger partial charge is 0.424 e. The molecule has 0 spiro atoms. The second-order valence-corrected chi connectivity index (χ2v) is 10.1. The number of ether oxygens (including phenoxy) is 2. The fourth-order valence-corrected chi connectivity index (χ4v) is 4.26. The van der Waals surface area contributed by atoms with E-state index in [9.17, 15) is 19.2 Å². The van der Waals surface area contributed by atoms with Crippen molar-refractivity contribution in [2.75, 3.05) is 24.6 Å². The van der Waals surface area contributed by atoms with Gasteiger partial charge >= 0.3 is 12.1 Å².